The zero-order valence-corrected chi connectivity index (χ0v) is 11.5. The summed E-state index contributed by atoms with van der Waals surface area (Å²) in [5.41, 5.74) is 0.527. The van der Waals surface area contributed by atoms with Gasteiger partial charge in [0.05, 0.1) is 12.0 Å². The second-order valence-electron chi connectivity index (χ2n) is 2.62. The van der Waals surface area contributed by atoms with E-state index in [0.29, 0.717) is 5.70 Å². The number of carboxylic acid groups (broad SMARTS) is 1. The number of carboxylic acids is 1. The zero-order chi connectivity index (χ0) is 9.72. The minimum atomic E-state index is -1.19. The number of allylic oxidation sites excluding steroid dienone is 2. The van der Waals surface area contributed by atoms with E-state index in [4.69, 9.17) is 0 Å². The number of ketones is 1. The van der Waals surface area contributed by atoms with Crippen LogP contribution in [0.5, 0.6) is 0 Å². The van der Waals surface area contributed by atoms with E-state index in [9.17, 15) is 14.7 Å². The van der Waals surface area contributed by atoms with E-state index in [1.165, 1.54) is 19.9 Å². The molecule has 13 heavy (non-hydrogen) atoms. The van der Waals surface area contributed by atoms with E-state index in [1.807, 2.05) is 0 Å². The van der Waals surface area contributed by atoms with Crippen LogP contribution in [0.2, 0.25) is 0 Å². The smallest absolute Gasteiger partial charge is 0.548 e. The number of hydrogen-bond donors (Lipinski definition) is 1. The third kappa shape index (κ3) is 8.64. The topological polar surface area (TPSA) is 69.2 Å². The van der Waals surface area contributed by atoms with Crippen molar-refractivity contribution in [2.75, 3.05) is 0 Å². The normalized spacial score (nSPS) is 12.7. The molecule has 0 aromatic carbocycles. The summed E-state index contributed by atoms with van der Waals surface area (Å²) in [6, 6.07) is -0.777. The minimum absolute atomic E-state index is 0. The summed E-state index contributed by atoms with van der Waals surface area (Å²) in [7, 11) is 0. The Balaban J connectivity index is 0. The van der Waals surface area contributed by atoms with Gasteiger partial charge >= 0.3 is 51.4 Å². The number of rotatable bonds is 4. The van der Waals surface area contributed by atoms with Gasteiger partial charge in [-0.3, -0.25) is 4.79 Å². The molecule has 0 amide bonds. The average molecular weight is 209 g/mol. The first-order chi connectivity index (χ1) is 5.43. The molecule has 0 bridgehead atoms. The van der Waals surface area contributed by atoms with Gasteiger partial charge in [-0.2, -0.15) is 0 Å². The molecule has 0 radical (unpaired) electrons. The van der Waals surface area contributed by atoms with E-state index in [0.717, 1.165) is 0 Å². The number of carbonyl (C=O) groups is 2. The fourth-order valence-corrected chi connectivity index (χ4v) is 0.747. The number of carbonyl (C=O) groups excluding carboxylic acids is 2. The molecule has 0 rings (SSSR count). The molecule has 0 spiro atoms. The maximum atomic E-state index is 10.5. The predicted molar refractivity (Wildman–Crippen MR) is 42.0 cm³/mol. The minimum Gasteiger partial charge on any atom is -0.548 e. The van der Waals surface area contributed by atoms with Gasteiger partial charge in [0.25, 0.3) is 0 Å². The van der Waals surface area contributed by atoms with Gasteiger partial charge in [0.15, 0.2) is 5.78 Å². The Hall–Kier alpha value is 0.316. The van der Waals surface area contributed by atoms with Crippen molar-refractivity contribution >= 4 is 11.8 Å². The molecule has 68 valence electrons. The Kier molecular flexibility index (Phi) is 9.34. The van der Waals surface area contributed by atoms with E-state index in [1.54, 1.807) is 6.92 Å². The van der Waals surface area contributed by atoms with Gasteiger partial charge in [0, 0.05) is 5.70 Å². The van der Waals surface area contributed by atoms with E-state index >= 15 is 0 Å². The molecule has 1 unspecified atom stereocenters. The Labute approximate surface area is 120 Å². The Morgan fingerprint density at radius 2 is 1.85 bits per heavy atom. The molecule has 5 heteroatoms. The second kappa shape index (κ2) is 7.70. The molecular formula is C8H12KNO3. The van der Waals surface area contributed by atoms with E-state index < -0.39 is 12.0 Å². The van der Waals surface area contributed by atoms with Crippen molar-refractivity contribution in [3.05, 3.63) is 11.8 Å². The van der Waals surface area contributed by atoms with Gasteiger partial charge < -0.3 is 15.2 Å². The van der Waals surface area contributed by atoms with Crippen molar-refractivity contribution in [1.29, 1.82) is 0 Å². The Morgan fingerprint density at radius 3 is 2.15 bits per heavy atom. The predicted octanol–water partition coefficient (Wildman–Crippen LogP) is -3.79. The molecule has 0 aliphatic heterocycles. The average Bonchev–Trinajstić information content (AvgIpc) is 1.84. The fraction of sp³-hybridized carbons (Fsp3) is 0.500. The first-order valence-electron chi connectivity index (χ1n) is 3.59. The number of hydrogen-bond acceptors (Lipinski definition) is 4. The second-order valence-corrected chi connectivity index (χ2v) is 2.62. The van der Waals surface area contributed by atoms with Crippen LogP contribution in [0.4, 0.5) is 0 Å². The van der Waals surface area contributed by atoms with Crippen LogP contribution in [-0.2, 0) is 9.59 Å². The molecule has 0 aromatic rings. The van der Waals surface area contributed by atoms with Crippen LogP contribution in [-0.4, -0.2) is 17.8 Å². The van der Waals surface area contributed by atoms with Crippen LogP contribution in [0.25, 0.3) is 0 Å². The summed E-state index contributed by atoms with van der Waals surface area (Å²) >= 11 is 0. The van der Waals surface area contributed by atoms with Crippen LogP contribution < -0.4 is 61.8 Å². The van der Waals surface area contributed by atoms with Crippen molar-refractivity contribution in [2.24, 2.45) is 0 Å². The monoisotopic (exact) mass is 209 g/mol. The molecule has 1 atom stereocenters. The van der Waals surface area contributed by atoms with Crippen molar-refractivity contribution in [3.8, 4) is 0 Å². The first-order valence-corrected chi connectivity index (χ1v) is 3.59. The van der Waals surface area contributed by atoms with Crippen molar-refractivity contribution in [1.82, 2.24) is 5.32 Å². The van der Waals surface area contributed by atoms with Crippen molar-refractivity contribution in [3.63, 3.8) is 0 Å². The molecular weight excluding hydrogens is 197 g/mol. The summed E-state index contributed by atoms with van der Waals surface area (Å²) in [5, 5.41) is 12.8. The molecule has 0 aromatic heterocycles. The van der Waals surface area contributed by atoms with E-state index in [-0.39, 0.29) is 57.2 Å². The molecule has 1 N–H and O–H groups in total. The van der Waals surface area contributed by atoms with Crippen LogP contribution in [0.3, 0.4) is 0 Å². The van der Waals surface area contributed by atoms with Gasteiger partial charge in [0.1, 0.15) is 0 Å². The summed E-state index contributed by atoms with van der Waals surface area (Å²) in [6.07, 6.45) is 1.33. The van der Waals surface area contributed by atoms with Gasteiger partial charge in [-0.05, 0) is 26.8 Å². The summed E-state index contributed by atoms with van der Waals surface area (Å²) in [5.74, 6) is -1.31. The number of nitrogens with one attached hydrogen (secondary N) is 1. The van der Waals surface area contributed by atoms with Crippen LogP contribution in [0, 0.1) is 0 Å². The van der Waals surface area contributed by atoms with Gasteiger partial charge in [-0.25, -0.2) is 0 Å². The van der Waals surface area contributed by atoms with Crippen LogP contribution in [0.15, 0.2) is 11.8 Å². The first kappa shape index (κ1) is 15.8. The quantitative estimate of drug-likeness (QED) is 0.381. The van der Waals surface area contributed by atoms with Crippen molar-refractivity contribution in [2.45, 2.75) is 26.8 Å². The Morgan fingerprint density at radius 1 is 1.38 bits per heavy atom. The van der Waals surface area contributed by atoms with E-state index in [2.05, 4.69) is 5.32 Å². The third-order valence-electron chi connectivity index (χ3n) is 1.22. The SMILES string of the molecule is CC(=O)/C=C(/C)NC(C)C(=O)[O-].[K+]. The third-order valence-corrected chi connectivity index (χ3v) is 1.22. The molecule has 0 saturated heterocycles. The van der Waals surface area contributed by atoms with Crippen molar-refractivity contribution < 1.29 is 66.1 Å². The summed E-state index contributed by atoms with van der Waals surface area (Å²) < 4.78 is 0. The maximum absolute atomic E-state index is 10.5. The molecule has 0 aliphatic rings. The zero-order valence-electron chi connectivity index (χ0n) is 8.38. The van der Waals surface area contributed by atoms with Gasteiger partial charge in [-0.1, -0.05) is 0 Å². The molecule has 0 saturated carbocycles. The number of aliphatic carboxylic acids is 1. The maximum Gasteiger partial charge on any atom is 1.00 e. The molecule has 0 aliphatic carbocycles. The Bertz CT molecular complexity index is 225. The molecule has 4 nitrogen and oxygen atoms in total. The largest absolute Gasteiger partial charge is 1.00 e. The van der Waals surface area contributed by atoms with Gasteiger partial charge in [0.2, 0.25) is 0 Å². The molecule has 0 heterocycles. The van der Waals surface area contributed by atoms with Gasteiger partial charge in [-0.15, -0.1) is 0 Å². The van der Waals surface area contributed by atoms with Crippen LogP contribution >= 0.6 is 0 Å². The fourth-order valence-electron chi connectivity index (χ4n) is 0.747. The van der Waals surface area contributed by atoms with Crippen LogP contribution in [0.1, 0.15) is 20.8 Å². The summed E-state index contributed by atoms with van der Waals surface area (Å²) in [4.78, 5) is 20.8. The standard InChI is InChI=1S/C8H13NO3.K/c1-5(4-6(2)10)9-7(3)8(11)12;/h4,7,9H,1-3H3,(H,11,12);/q;+1/p-1/b5-4-;. The summed E-state index contributed by atoms with van der Waals surface area (Å²) in [6.45, 7) is 4.47. The molecule has 0 fully saturated rings.